The van der Waals surface area contributed by atoms with Crippen LogP contribution in [0.15, 0.2) is 51.4 Å². The lowest BCUT2D eigenvalue weighted by atomic mass is 10.3. The van der Waals surface area contributed by atoms with Gasteiger partial charge in [0.2, 0.25) is 0 Å². The van der Waals surface area contributed by atoms with E-state index in [0.717, 1.165) is 14.6 Å². The van der Waals surface area contributed by atoms with Crippen LogP contribution < -0.4 is 10.6 Å². The fraction of sp³-hybridized carbons (Fsp3) is 0. The second-order valence-electron chi connectivity index (χ2n) is 4.01. The SMILES string of the molecule is O=[N+]([O-])c1cccc(NC(=S)Nc2ccc(Br)cc2Br)c1. The van der Waals surface area contributed by atoms with Gasteiger partial charge in [-0.1, -0.05) is 22.0 Å². The van der Waals surface area contributed by atoms with Crippen LogP contribution in [0.25, 0.3) is 0 Å². The summed E-state index contributed by atoms with van der Waals surface area (Å²) in [5.74, 6) is 0. The maximum atomic E-state index is 10.7. The van der Waals surface area contributed by atoms with Crippen molar-refractivity contribution in [3.05, 3.63) is 61.5 Å². The normalized spacial score (nSPS) is 10.0. The molecule has 2 aromatic rings. The van der Waals surface area contributed by atoms with Gasteiger partial charge in [-0.25, -0.2) is 0 Å². The third kappa shape index (κ3) is 4.48. The molecular weight excluding hydrogens is 422 g/mol. The smallest absolute Gasteiger partial charge is 0.271 e. The predicted molar refractivity (Wildman–Crippen MR) is 94.8 cm³/mol. The Morgan fingerprint density at radius 2 is 1.90 bits per heavy atom. The third-order valence-corrected chi connectivity index (χ3v) is 3.85. The Bertz CT molecular complexity index is 710. The number of hydrogen-bond acceptors (Lipinski definition) is 3. The minimum absolute atomic E-state index is 0.00706. The minimum atomic E-state index is -0.451. The lowest BCUT2D eigenvalue weighted by Crippen LogP contribution is -2.19. The van der Waals surface area contributed by atoms with Gasteiger partial charge in [-0.2, -0.15) is 0 Å². The molecule has 0 aliphatic carbocycles. The number of nitro benzene ring substituents is 1. The Hall–Kier alpha value is -1.51. The van der Waals surface area contributed by atoms with Gasteiger partial charge in [-0.05, 0) is 52.4 Å². The fourth-order valence-corrected chi connectivity index (χ4v) is 2.95. The van der Waals surface area contributed by atoms with Crippen molar-refractivity contribution in [2.45, 2.75) is 0 Å². The molecule has 0 bridgehead atoms. The summed E-state index contributed by atoms with van der Waals surface area (Å²) >= 11 is 12.0. The van der Waals surface area contributed by atoms with Gasteiger partial charge in [0.15, 0.2) is 5.11 Å². The minimum Gasteiger partial charge on any atom is -0.332 e. The molecule has 2 aromatic carbocycles. The number of benzene rings is 2. The summed E-state index contributed by atoms with van der Waals surface area (Å²) in [6.45, 7) is 0. The summed E-state index contributed by atoms with van der Waals surface area (Å²) in [5.41, 5.74) is 1.35. The van der Waals surface area contributed by atoms with E-state index in [-0.39, 0.29) is 5.69 Å². The van der Waals surface area contributed by atoms with E-state index >= 15 is 0 Å². The zero-order chi connectivity index (χ0) is 15.4. The standard InChI is InChI=1S/C13H9Br2N3O2S/c14-8-4-5-12(11(15)6-8)17-13(21)16-9-2-1-3-10(7-9)18(19)20/h1-7H,(H2,16,17,21). The summed E-state index contributed by atoms with van der Waals surface area (Å²) in [6, 6.07) is 11.8. The van der Waals surface area contributed by atoms with Gasteiger partial charge in [0.25, 0.3) is 5.69 Å². The lowest BCUT2D eigenvalue weighted by Gasteiger charge is -2.12. The molecule has 0 spiro atoms. The van der Waals surface area contributed by atoms with Gasteiger partial charge in [-0.3, -0.25) is 10.1 Å². The maximum absolute atomic E-state index is 10.7. The van der Waals surface area contributed by atoms with Crippen LogP contribution in [-0.4, -0.2) is 10.0 Å². The third-order valence-electron chi connectivity index (χ3n) is 2.49. The molecule has 2 rings (SSSR count). The first-order valence-corrected chi connectivity index (χ1v) is 7.72. The number of halogens is 2. The van der Waals surface area contributed by atoms with Gasteiger partial charge in [0, 0.05) is 26.8 Å². The van der Waals surface area contributed by atoms with Crippen LogP contribution in [0.3, 0.4) is 0 Å². The molecule has 0 heterocycles. The zero-order valence-electron chi connectivity index (χ0n) is 10.5. The van der Waals surface area contributed by atoms with Crippen molar-refractivity contribution in [1.29, 1.82) is 0 Å². The molecule has 0 aliphatic rings. The van der Waals surface area contributed by atoms with Crippen molar-refractivity contribution in [2.75, 3.05) is 10.6 Å². The maximum Gasteiger partial charge on any atom is 0.271 e. The number of anilines is 2. The van der Waals surface area contributed by atoms with Gasteiger partial charge < -0.3 is 10.6 Å². The highest BCUT2D eigenvalue weighted by Crippen LogP contribution is 2.26. The van der Waals surface area contributed by atoms with Crippen LogP contribution in [-0.2, 0) is 0 Å². The predicted octanol–water partition coefficient (Wildman–Crippen LogP) is 4.93. The number of nitrogens with one attached hydrogen (secondary N) is 2. The molecule has 5 nitrogen and oxygen atoms in total. The molecule has 0 atom stereocenters. The van der Waals surface area contributed by atoms with E-state index in [0.29, 0.717) is 10.8 Å². The molecule has 0 unspecified atom stereocenters. The van der Waals surface area contributed by atoms with Gasteiger partial charge >= 0.3 is 0 Å². The van der Waals surface area contributed by atoms with Crippen molar-refractivity contribution in [2.24, 2.45) is 0 Å². The summed E-state index contributed by atoms with van der Waals surface area (Å²) in [5, 5.41) is 17.0. The van der Waals surface area contributed by atoms with E-state index in [1.807, 2.05) is 18.2 Å². The van der Waals surface area contributed by atoms with Gasteiger partial charge in [-0.15, -0.1) is 0 Å². The van der Waals surface area contributed by atoms with Crippen LogP contribution >= 0.6 is 44.1 Å². The van der Waals surface area contributed by atoms with Crippen LogP contribution in [0.1, 0.15) is 0 Å². The highest BCUT2D eigenvalue weighted by molar-refractivity contribution is 9.11. The Labute approximate surface area is 143 Å². The summed E-state index contributed by atoms with van der Waals surface area (Å²) < 4.78 is 1.79. The Morgan fingerprint density at radius 3 is 2.57 bits per heavy atom. The lowest BCUT2D eigenvalue weighted by molar-refractivity contribution is -0.384. The number of nitrogens with zero attached hydrogens (tertiary/aromatic N) is 1. The molecule has 0 fully saturated rings. The van der Waals surface area contributed by atoms with E-state index < -0.39 is 4.92 Å². The number of nitro groups is 1. The van der Waals surface area contributed by atoms with Crippen LogP contribution in [0.5, 0.6) is 0 Å². The van der Waals surface area contributed by atoms with E-state index in [9.17, 15) is 10.1 Å². The average Bonchev–Trinajstić information content (AvgIpc) is 2.42. The highest BCUT2D eigenvalue weighted by atomic mass is 79.9. The van der Waals surface area contributed by atoms with Crippen molar-refractivity contribution in [3.63, 3.8) is 0 Å². The summed E-state index contributed by atoms with van der Waals surface area (Å²) in [4.78, 5) is 10.3. The van der Waals surface area contributed by atoms with Crippen molar-refractivity contribution in [1.82, 2.24) is 0 Å². The second kappa shape index (κ2) is 6.97. The first kappa shape index (κ1) is 15.9. The average molecular weight is 431 g/mol. The topological polar surface area (TPSA) is 67.2 Å². The molecule has 0 aromatic heterocycles. The highest BCUT2D eigenvalue weighted by Gasteiger charge is 2.07. The quantitative estimate of drug-likeness (QED) is 0.410. The van der Waals surface area contributed by atoms with Crippen molar-refractivity contribution < 1.29 is 4.92 Å². The van der Waals surface area contributed by atoms with Crippen LogP contribution in [0, 0.1) is 10.1 Å². The van der Waals surface area contributed by atoms with Gasteiger partial charge in [0.1, 0.15) is 0 Å². The summed E-state index contributed by atoms with van der Waals surface area (Å²) in [7, 11) is 0. The summed E-state index contributed by atoms with van der Waals surface area (Å²) in [6.07, 6.45) is 0. The molecule has 0 aliphatic heterocycles. The largest absolute Gasteiger partial charge is 0.332 e. The first-order valence-electron chi connectivity index (χ1n) is 5.73. The van der Waals surface area contributed by atoms with Crippen molar-refractivity contribution in [3.8, 4) is 0 Å². The Balaban J connectivity index is 2.08. The van der Waals surface area contributed by atoms with Crippen LogP contribution in [0.4, 0.5) is 17.1 Å². The molecule has 21 heavy (non-hydrogen) atoms. The van der Waals surface area contributed by atoms with E-state index in [1.165, 1.54) is 12.1 Å². The number of thiocarbonyl (C=S) groups is 1. The molecule has 0 saturated carbocycles. The molecule has 0 radical (unpaired) electrons. The van der Waals surface area contributed by atoms with E-state index in [2.05, 4.69) is 42.5 Å². The zero-order valence-corrected chi connectivity index (χ0v) is 14.5. The first-order chi connectivity index (χ1) is 9.95. The Kier molecular flexibility index (Phi) is 5.27. The van der Waals surface area contributed by atoms with Crippen molar-refractivity contribution >= 4 is 66.3 Å². The number of hydrogen-bond donors (Lipinski definition) is 2. The molecule has 108 valence electrons. The van der Waals surface area contributed by atoms with E-state index in [1.54, 1.807) is 12.1 Å². The molecular formula is C13H9Br2N3O2S. The molecule has 2 N–H and O–H groups in total. The monoisotopic (exact) mass is 429 g/mol. The Morgan fingerprint density at radius 1 is 1.14 bits per heavy atom. The number of non-ortho nitro benzene ring substituents is 1. The van der Waals surface area contributed by atoms with Crippen LogP contribution in [0.2, 0.25) is 0 Å². The molecule has 0 amide bonds. The molecule has 0 saturated heterocycles. The molecule has 8 heteroatoms. The van der Waals surface area contributed by atoms with Gasteiger partial charge in [0.05, 0.1) is 10.6 Å². The second-order valence-corrected chi connectivity index (χ2v) is 6.19. The van der Waals surface area contributed by atoms with E-state index in [4.69, 9.17) is 12.2 Å². The number of rotatable bonds is 3. The fourth-order valence-electron chi connectivity index (χ4n) is 1.57.